The molecule has 1 saturated heterocycles. The molecule has 1 saturated carbocycles. The van der Waals surface area contributed by atoms with Crippen molar-refractivity contribution >= 4 is 11.7 Å². The highest BCUT2D eigenvalue weighted by Crippen LogP contribution is 2.46. The van der Waals surface area contributed by atoms with Crippen molar-refractivity contribution in [1.82, 2.24) is 4.90 Å². The summed E-state index contributed by atoms with van der Waals surface area (Å²) in [5.74, 6) is 0.282. The lowest BCUT2D eigenvalue weighted by molar-refractivity contribution is -0.141. The number of hydrogen-bond donors (Lipinski definition) is 0. The summed E-state index contributed by atoms with van der Waals surface area (Å²) in [6, 6.07) is 0. The second-order valence-corrected chi connectivity index (χ2v) is 5.15. The summed E-state index contributed by atoms with van der Waals surface area (Å²) in [6.45, 7) is 2.65. The summed E-state index contributed by atoms with van der Waals surface area (Å²) in [7, 11) is 0. The monoisotopic (exact) mass is 209 g/mol. The van der Waals surface area contributed by atoms with Crippen molar-refractivity contribution in [2.75, 3.05) is 13.1 Å². The summed E-state index contributed by atoms with van der Waals surface area (Å²) in [4.78, 5) is 24.6. The third-order valence-corrected chi connectivity index (χ3v) is 3.87. The van der Waals surface area contributed by atoms with Crippen LogP contribution in [0, 0.1) is 5.41 Å². The molecule has 1 spiro atoms. The van der Waals surface area contributed by atoms with E-state index in [0.29, 0.717) is 18.4 Å². The third kappa shape index (κ3) is 2.21. The van der Waals surface area contributed by atoms with E-state index in [1.54, 1.807) is 11.8 Å². The number of hydrogen-bond acceptors (Lipinski definition) is 2. The Balaban J connectivity index is 1.96. The van der Waals surface area contributed by atoms with Crippen LogP contribution in [0.25, 0.3) is 0 Å². The molecule has 1 amide bonds. The van der Waals surface area contributed by atoms with Crippen molar-refractivity contribution in [1.29, 1.82) is 0 Å². The van der Waals surface area contributed by atoms with E-state index in [4.69, 9.17) is 0 Å². The van der Waals surface area contributed by atoms with Gasteiger partial charge in [0, 0.05) is 13.0 Å². The van der Waals surface area contributed by atoms with Gasteiger partial charge in [0.05, 0.1) is 6.54 Å². The van der Waals surface area contributed by atoms with Gasteiger partial charge in [0.2, 0.25) is 5.91 Å². The number of carbonyl (C=O) groups excluding carboxylic acids is 2. The van der Waals surface area contributed by atoms with E-state index in [-0.39, 0.29) is 11.7 Å². The first kappa shape index (κ1) is 10.7. The minimum atomic E-state index is 0.0886. The van der Waals surface area contributed by atoms with Crippen LogP contribution in [0.15, 0.2) is 0 Å². The van der Waals surface area contributed by atoms with Crippen LogP contribution in [0.2, 0.25) is 0 Å². The highest BCUT2D eigenvalue weighted by atomic mass is 16.2. The van der Waals surface area contributed by atoms with Crippen LogP contribution in [0.5, 0.6) is 0 Å². The van der Waals surface area contributed by atoms with Gasteiger partial charge in [-0.3, -0.25) is 9.59 Å². The van der Waals surface area contributed by atoms with E-state index in [0.717, 1.165) is 13.0 Å². The van der Waals surface area contributed by atoms with E-state index in [9.17, 15) is 9.59 Å². The van der Waals surface area contributed by atoms with Crippen LogP contribution in [0.3, 0.4) is 0 Å². The molecule has 1 aliphatic carbocycles. The minimum absolute atomic E-state index is 0.0886. The quantitative estimate of drug-likeness (QED) is 0.695. The van der Waals surface area contributed by atoms with Crippen LogP contribution in [0.1, 0.15) is 45.4 Å². The van der Waals surface area contributed by atoms with E-state index in [2.05, 4.69) is 0 Å². The molecule has 2 rings (SSSR count). The van der Waals surface area contributed by atoms with Crippen molar-refractivity contribution in [2.45, 2.75) is 45.4 Å². The lowest BCUT2D eigenvalue weighted by Gasteiger charge is -2.38. The van der Waals surface area contributed by atoms with Crippen LogP contribution in [0.4, 0.5) is 0 Å². The fourth-order valence-electron chi connectivity index (χ4n) is 3.01. The lowest BCUT2D eigenvalue weighted by atomic mass is 9.76. The lowest BCUT2D eigenvalue weighted by Crippen LogP contribution is -2.45. The zero-order chi connectivity index (χ0) is 10.9. The van der Waals surface area contributed by atoms with E-state index in [1.807, 2.05) is 0 Å². The molecule has 0 atom stereocenters. The molecule has 0 unspecified atom stereocenters. The first-order valence-corrected chi connectivity index (χ1v) is 5.89. The SMILES string of the molecule is CC(=O)CN1CCC2(CCCC2)CC1=O. The van der Waals surface area contributed by atoms with E-state index in [1.165, 1.54) is 25.7 Å². The van der Waals surface area contributed by atoms with Crippen LogP contribution < -0.4 is 0 Å². The van der Waals surface area contributed by atoms with Gasteiger partial charge in [-0.15, -0.1) is 0 Å². The minimum Gasteiger partial charge on any atom is -0.335 e. The number of rotatable bonds is 2. The standard InChI is InChI=1S/C12H19NO2/c1-10(14)9-13-7-6-12(8-11(13)15)4-2-3-5-12/h2-9H2,1H3. The highest BCUT2D eigenvalue weighted by molar-refractivity contribution is 5.85. The molecular formula is C12H19NO2. The van der Waals surface area contributed by atoms with Crippen LogP contribution in [-0.2, 0) is 9.59 Å². The molecule has 2 fully saturated rings. The summed E-state index contributed by atoms with van der Waals surface area (Å²) in [5, 5.41) is 0. The smallest absolute Gasteiger partial charge is 0.223 e. The summed E-state index contributed by atoms with van der Waals surface area (Å²) < 4.78 is 0. The molecule has 1 aliphatic heterocycles. The zero-order valence-corrected chi connectivity index (χ0v) is 9.42. The van der Waals surface area contributed by atoms with Gasteiger partial charge in [-0.25, -0.2) is 0 Å². The Kier molecular flexibility index (Phi) is 2.81. The Morgan fingerprint density at radius 3 is 2.53 bits per heavy atom. The van der Waals surface area contributed by atoms with Crippen molar-refractivity contribution in [3.63, 3.8) is 0 Å². The first-order valence-electron chi connectivity index (χ1n) is 5.89. The number of amides is 1. The Hall–Kier alpha value is -0.860. The van der Waals surface area contributed by atoms with Gasteiger partial charge in [0.25, 0.3) is 0 Å². The molecule has 2 aliphatic rings. The molecule has 0 aromatic heterocycles. The number of nitrogens with zero attached hydrogens (tertiary/aromatic N) is 1. The number of Topliss-reactive ketones (excluding diaryl/α,β-unsaturated/α-hetero) is 1. The maximum atomic E-state index is 11.9. The largest absolute Gasteiger partial charge is 0.335 e. The Labute approximate surface area is 90.8 Å². The van der Waals surface area contributed by atoms with E-state index >= 15 is 0 Å². The number of piperidine rings is 1. The second kappa shape index (κ2) is 3.95. The molecule has 84 valence electrons. The predicted molar refractivity (Wildman–Crippen MR) is 57.4 cm³/mol. The molecule has 1 heterocycles. The zero-order valence-electron chi connectivity index (χ0n) is 9.42. The Bertz CT molecular complexity index is 279. The van der Waals surface area contributed by atoms with Gasteiger partial charge in [0.15, 0.2) is 0 Å². The second-order valence-electron chi connectivity index (χ2n) is 5.15. The predicted octanol–water partition coefficient (Wildman–Crippen LogP) is 1.76. The molecule has 15 heavy (non-hydrogen) atoms. The van der Waals surface area contributed by atoms with Gasteiger partial charge < -0.3 is 4.90 Å². The molecule has 0 N–H and O–H groups in total. The van der Waals surface area contributed by atoms with Crippen molar-refractivity contribution in [3.8, 4) is 0 Å². The fraction of sp³-hybridized carbons (Fsp3) is 0.833. The normalized spacial score (nSPS) is 24.9. The molecule has 0 radical (unpaired) electrons. The fourth-order valence-corrected chi connectivity index (χ4v) is 3.01. The van der Waals surface area contributed by atoms with E-state index < -0.39 is 0 Å². The summed E-state index contributed by atoms with van der Waals surface area (Å²) in [6.07, 6.45) is 6.77. The molecule has 3 heteroatoms. The molecule has 0 aromatic carbocycles. The maximum absolute atomic E-state index is 11.9. The Morgan fingerprint density at radius 1 is 1.33 bits per heavy atom. The average Bonchev–Trinajstić information content (AvgIpc) is 2.59. The highest BCUT2D eigenvalue weighted by Gasteiger charge is 2.40. The van der Waals surface area contributed by atoms with Crippen LogP contribution in [-0.4, -0.2) is 29.7 Å². The first-order chi connectivity index (χ1) is 7.11. The summed E-state index contributed by atoms with van der Waals surface area (Å²) in [5.41, 5.74) is 0.310. The number of ketones is 1. The summed E-state index contributed by atoms with van der Waals surface area (Å²) >= 11 is 0. The number of carbonyl (C=O) groups is 2. The van der Waals surface area contributed by atoms with Crippen molar-refractivity contribution < 1.29 is 9.59 Å². The molecular weight excluding hydrogens is 190 g/mol. The van der Waals surface area contributed by atoms with Crippen molar-refractivity contribution in [3.05, 3.63) is 0 Å². The van der Waals surface area contributed by atoms with Crippen LogP contribution >= 0.6 is 0 Å². The third-order valence-electron chi connectivity index (χ3n) is 3.87. The van der Waals surface area contributed by atoms with Gasteiger partial charge >= 0.3 is 0 Å². The molecule has 0 bridgehead atoms. The van der Waals surface area contributed by atoms with Crippen molar-refractivity contribution in [2.24, 2.45) is 5.41 Å². The van der Waals surface area contributed by atoms with Gasteiger partial charge in [-0.1, -0.05) is 12.8 Å². The Morgan fingerprint density at radius 2 is 2.00 bits per heavy atom. The van der Waals surface area contributed by atoms with Gasteiger partial charge in [0.1, 0.15) is 5.78 Å². The van der Waals surface area contributed by atoms with Gasteiger partial charge in [-0.2, -0.15) is 0 Å². The number of likely N-dealkylation sites (tertiary alicyclic amines) is 1. The molecule has 0 aromatic rings. The maximum Gasteiger partial charge on any atom is 0.223 e. The molecule has 3 nitrogen and oxygen atoms in total. The topological polar surface area (TPSA) is 37.4 Å². The van der Waals surface area contributed by atoms with Gasteiger partial charge in [-0.05, 0) is 31.6 Å². The average molecular weight is 209 g/mol.